The molecule has 304 valence electrons. The van der Waals surface area contributed by atoms with Gasteiger partial charge in [0.25, 0.3) is 0 Å². The zero-order valence-electron chi connectivity index (χ0n) is 31.6. The lowest BCUT2D eigenvalue weighted by molar-refractivity contribution is -0.367. The number of fused-ring (bicyclic) bond motifs is 7. The molecule has 0 aromatic heterocycles. The van der Waals surface area contributed by atoms with Crippen LogP contribution in [0.5, 0.6) is 0 Å². The van der Waals surface area contributed by atoms with Crippen molar-refractivity contribution in [1.82, 2.24) is 0 Å². The number of aliphatic hydroxyl groups is 8. The summed E-state index contributed by atoms with van der Waals surface area (Å²) < 4.78 is 36.8. The maximum Gasteiger partial charge on any atom is 0.187 e. The zero-order valence-corrected chi connectivity index (χ0v) is 31.6. The normalized spacial score (nSPS) is 59.5. The lowest BCUT2D eigenvalue weighted by atomic mass is 9.44. The van der Waals surface area contributed by atoms with Crippen LogP contribution in [0.2, 0.25) is 0 Å². The second kappa shape index (κ2) is 14.4. The fourth-order valence-corrected chi connectivity index (χ4v) is 13.3. The van der Waals surface area contributed by atoms with Gasteiger partial charge in [0.05, 0.1) is 38.1 Å². The lowest BCUT2D eigenvalue weighted by Crippen LogP contribution is -2.65. The van der Waals surface area contributed by atoms with Crippen molar-refractivity contribution in [1.29, 1.82) is 0 Å². The average Bonchev–Trinajstić information content (AvgIpc) is 3.58. The molecule has 8 fully saturated rings. The molecule has 0 radical (unpaired) electrons. The van der Waals surface area contributed by atoms with E-state index in [1.54, 1.807) is 0 Å². The molecular weight excluding hydrogens is 692 g/mol. The lowest BCUT2D eigenvalue weighted by Gasteiger charge is -2.62. The molecule has 4 aliphatic carbocycles. The smallest absolute Gasteiger partial charge is 0.187 e. The maximum absolute atomic E-state index is 11.7. The first-order valence-corrected chi connectivity index (χ1v) is 20.4. The molecule has 8 N–H and O–H groups in total. The van der Waals surface area contributed by atoms with Crippen LogP contribution in [0, 0.1) is 52.3 Å². The highest BCUT2D eigenvalue weighted by Gasteiger charge is 2.69. The molecule has 4 saturated carbocycles. The highest BCUT2D eigenvalue weighted by atomic mass is 16.7. The van der Waals surface area contributed by atoms with Crippen molar-refractivity contribution < 1.29 is 69.3 Å². The van der Waals surface area contributed by atoms with Gasteiger partial charge in [-0.25, -0.2) is 0 Å². The second-order valence-corrected chi connectivity index (χ2v) is 18.9. The Morgan fingerprint density at radius 3 is 2.08 bits per heavy atom. The van der Waals surface area contributed by atoms with E-state index in [2.05, 4.69) is 27.7 Å². The van der Waals surface area contributed by atoms with Crippen molar-refractivity contribution in [3.63, 3.8) is 0 Å². The van der Waals surface area contributed by atoms with Crippen molar-refractivity contribution in [2.45, 2.75) is 171 Å². The van der Waals surface area contributed by atoms with Gasteiger partial charge in [-0.15, -0.1) is 0 Å². The van der Waals surface area contributed by atoms with Crippen molar-refractivity contribution in [2.24, 2.45) is 52.3 Å². The van der Waals surface area contributed by atoms with Gasteiger partial charge in [0, 0.05) is 12.3 Å². The summed E-state index contributed by atoms with van der Waals surface area (Å²) in [5.74, 6) is 2.85. The average molecular weight is 757 g/mol. The Bertz CT molecular complexity index is 1300. The summed E-state index contributed by atoms with van der Waals surface area (Å²) in [6.45, 7) is 8.96. The minimum absolute atomic E-state index is 0.0951. The Hall–Kier alpha value is -0.560. The summed E-state index contributed by atoms with van der Waals surface area (Å²) in [5, 5.41) is 84.7. The Balaban J connectivity index is 0.937. The fourth-order valence-electron chi connectivity index (χ4n) is 13.3. The van der Waals surface area contributed by atoms with Crippen LogP contribution in [0.3, 0.4) is 0 Å². The van der Waals surface area contributed by atoms with Gasteiger partial charge >= 0.3 is 0 Å². The van der Waals surface area contributed by atoms with E-state index in [0.717, 1.165) is 51.6 Å². The molecule has 4 saturated heterocycles. The van der Waals surface area contributed by atoms with E-state index in [9.17, 15) is 40.9 Å². The highest BCUT2D eigenvalue weighted by molar-refractivity contribution is 5.16. The molecule has 8 rings (SSSR count). The molecular formula is C39H64O14. The van der Waals surface area contributed by atoms with Gasteiger partial charge in [-0.1, -0.05) is 27.7 Å². The first-order valence-electron chi connectivity index (χ1n) is 20.4. The molecule has 0 aromatic rings. The van der Waals surface area contributed by atoms with Crippen molar-refractivity contribution >= 4 is 0 Å². The monoisotopic (exact) mass is 756 g/mol. The minimum Gasteiger partial charge on any atom is -0.394 e. The Morgan fingerprint density at radius 2 is 1.40 bits per heavy atom. The van der Waals surface area contributed by atoms with E-state index in [-0.39, 0.29) is 22.9 Å². The summed E-state index contributed by atoms with van der Waals surface area (Å²) in [6.07, 6.45) is -8.01. The molecule has 0 aromatic carbocycles. The molecule has 4 aliphatic heterocycles. The largest absolute Gasteiger partial charge is 0.394 e. The van der Waals surface area contributed by atoms with Crippen LogP contribution < -0.4 is 0 Å². The van der Waals surface area contributed by atoms with Gasteiger partial charge in [0.1, 0.15) is 48.8 Å². The number of hydrogen-bond donors (Lipinski definition) is 8. The van der Waals surface area contributed by atoms with Crippen LogP contribution in [-0.4, -0.2) is 146 Å². The molecule has 0 unspecified atom stereocenters. The highest BCUT2D eigenvalue weighted by Crippen LogP contribution is 2.71. The van der Waals surface area contributed by atoms with Crippen LogP contribution >= 0.6 is 0 Å². The van der Waals surface area contributed by atoms with E-state index in [0.29, 0.717) is 48.3 Å². The van der Waals surface area contributed by atoms with Gasteiger partial charge in [-0.2, -0.15) is 0 Å². The Labute approximate surface area is 312 Å². The van der Waals surface area contributed by atoms with E-state index in [1.807, 2.05) is 0 Å². The van der Waals surface area contributed by atoms with Gasteiger partial charge in [0.15, 0.2) is 18.4 Å². The SMILES string of the molecule is C[C@H]1CC[C@]2(OC1)O[C@H]1C[C@H]3[C@@H]4CC[C@H]5C[C@H](O[C@H]6O[C@@H](CO)[C@H](O)[C@@H](O[C@H]7O[C@@H](CO)[C@H](O)[C@@H](O)[C@@H]7O)[C@@H]6O)[C@@H](O)C[C@@]5(C)[C@H]4CC[C@@]3(C)[C@H]1[C@@H]2C. The number of rotatable bonds is 6. The molecule has 4 heterocycles. The predicted molar refractivity (Wildman–Crippen MR) is 184 cm³/mol. The standard InChI is InChI=1S/C39H64O14/c1-17-7-10-39(48-16-17)18(2)28-25(53-39)12-22-20-6-5-19-11-24(23(42)13-38(19,4)21(20)8-9-37(22,28)3)49-36-33(47)34(30(44)27(15-41)51-36)52-35-32(46)31(45)29(43)26(14-40)50-35/h17-36,40-47H,5-16H2,1-4H3/t17-,18-,19-,20+,21-,22-,23-,24-,25-,26-,27-,28-,29-,30-,31+,32-,33-,34+,35+,36-,37+,38+,39-/m0/s1. The topological polar surface area (TPSA) is 217 Å². The third kappa shape index (κ3) is 6.20. The quantitative estimate of drug-likeness (QED) is 0.173. The van der Waals surface area contributed by atoms with Gasteiger partial charge in [-0.05, 0) is 97.7 Å². The molecule has 53 heavy (non-hydrogen) atoms. The first kappa shape index (κ1) is 39.3. The van der Waals surface area contributed by atoms with Gasteiger partial charge in [0.2, 0.25) is 0 Å². The molecule has 0 amide bonds. The molecule has 14 nitrogen and oxygen atoms in total. The second-order valence-electron chi connectivity index (χ2n) is 18.9. The van der Waals surface area contributed by atoms with Crippen LogP contribution in [0.4, 0.5) is 0 Å². The Morgan fingerprint density at radius 1 is 0.698 bits per heavy atom. The number of ether oxygens (including phenoxy) is 6. The van der Waals surface area contributed by atoms with Gasteiger partial charge < -0.3 is 69.3 Å². The Kier molecular flexibility index (Phi) is 10.6. The number of hydrogen-bond acceptors (Lipinski definition) is 14. The molecule has 23 atom stereocenters. The summed E-state index contributed by atoms with van der Waals surface area (Å²) in [7, 11) is 0. The van der Waals surface area contributed by atoms with Crippen LogP contribution in [0.15, 0.2) is 0 Å². The predicted octanol–water partition coefficient (Wildman–Crippen LogP) is 0.413. The summed E-state index contributed by atoms with van der Waals surface area (Å²) in [5.41, 5.74) is 0.0992. The summed E-state index contributed by atoms with van der Waals surface area (Å²) in [6, 6.07) is 0. The fraction of sp³-hybridized carbons (Fsp3) is 1.00. The molecule has 0 bridgehead atoms. The third-order valence-corrected chi connectivity index (χ3v) is 16.2. The third-order valence-electron chi connectivity index (χ3n) is 16.2. The summed E-state index contributed by atoms with van der Waals surface area (Å²) >= 11 is 0. The first-order chi connectivity index (χ1) is 25.2. The van der Waals surface area contributed by atoms with Crippen molar-refractivity contribution in [2.75, 3.05) is 19.8 Å². The van der Waals surface area contributed by atoms with Crippen LogP contribution in [-0.2, 0) is 28.4 Å². The maximum atomic E-state index is 11.7. The van der Waals surface area contributed by atoms with Crippen LogP contribution in [0.25, 0.3) is 0 Å². The minimum atomic E-state index is -1.76. The zero-order chi connectivity index (χ0) is 37.8. The molecule has 14 heteroatoms. The summed E-state index contributed by atoms with van der Waals surface area (Å²) in [4.78, 5) is 0. The van der Waals surface area contributed by atoms with Crippen LogP contribution in [0.1, 0.15) is 85.5 Å². The van der Waals surface area contributed by atoms with E-state index < -0.39 is 92.6 Å². The van der Waals surface area contributed by atoms with Crippen molar-refractivity contribution in [3.8, 4) is 0 Å². The van der Waals surface area contributed by atoms with Gasteiger partial charge in [-0.3, -0.25) is 0 Å². The van der Waals surface area contributed by atoms with E-state index in [1.165, 1.54) is 0 Å². The molecule has 8 aliphatic rings. The van der Waals surface area contributed by atoms with E-state index >= 15 is 0 Å². The van der Waals surface area contributed by atoms with E-state index in [4.69, 9.17) is 28.4 Å². The molecule has 1 spiro atoms. The van der Waals surface area contributed by atoms with Crippen molar-refractivity contribution in [3.05, 3.63) is 0 Å². The number of aliphatic hydroxyl groups excluding tert-OH is 8.